The number of carbonyl (C=O) groups excluding carboxylic acids is 2. The van der Waals surface area contributed by atoms with Gasteiger partial charge in [-0.25, -0.2) is 0 Å². The fraction of sp³-hybridized carbons (Fsp3) is 0.385. The number of hydrogen-bond donors (Lipinski definition) is 1. The van der Waals surface area contributed by atoms with E-state index < -0.39 is 0 Å². The lowest BCUT2D eigenvalue weighted by Crippen LogP contribution is -2.24. The van der Waals surface area contributed by atoms with Gasteiger partial charge in [0.1, 0.15) is 0 Å². The highest BCUT2D eigenvalue weighted by atomic mass is 16.2. The normalized spacial score (nSPS) is 17.8. The number of benzene rings is 1. The molecule has 2 rings (SSSR count). The first-order valence-corrected chi connectivity index (χ1v) is 6.29. The Balaban J connectivity index is 2.06. The summed E-state index contributed by atoms with van der Waals surface area (Å²) in [4.78, 5) is 27.3. The number of rotatable bonds is 4. The molecule has 7 nitrogen and oxygen atoms in total. The molecule has 1 atom stereocenters. The predicted molar refractivity (Wildman–Crippen MR) is 75.2 cm³/mol. The van der Waals surface area contributed by atoms with Crippen molar-refractivity contribution < 1.29 is 9.59 Å². The summed E-state index contributed by atoms with van der Waals surface area (Å²) >= 11 is 0. The maximum Gasteiger partial charge on any atom is 0.227 e. The Labute approximate surface area is 116 Å². The molecule has 20 heavy (non-hydrogen) atoms. The van der Waals surface area contributed by atoms with Gasteiger partial charge in [-0.3, -0.25) is 9.59 Å². The van der Waals surface area contributed by atoms with Crippen LogP contribution in [0.1, 0.15) is 13.3 Å². The molecule has 0 spiro atoms. The van der Waals surface area contributed by atoms with Crippen LogP contribution in [0.2, 0.25) is 0 Å². The number of carbonyl (C=O) groups is 2. The standard InChI is InChI=1S/C13H15N5O2/c1-9(19)16-11-2-4-12(5-3-11)18-8-10(6-13(18)20)7-15-17-14/h2-5,10H,6-8H2,1H3,(H,16,19). The smallest absolute Gasteiger partial charge is 0.227 e. The minimum absolute atomic E-state index is 0.0235. The zero-order valence-corrected chi connectivity index (χ0v) is 11.1. The van der Waals surface area contributed by atoms with Crippen LogP contribution in [0.3, 0.4) is 0 Å². The van der Waals surface area contributed by atoms with Crippen LogP contribution in [0.15, 0.2) is 29.4 Å². The van der Waals surface area contributed by atoms with Gasteiger partial charge < -0.3 is 10.2 Å². The molecule has 1 aliphatic heterocycles. The van der Waals surface area contributed by atoms with E-state index in [1.807, 2.05) is 0 Å². The lowest BCUT2D eigenvalue weighted by molar-refractivity contribution is -0.117. The first-order chi connectivity index (χ1) is 9.60. The monoisotopic (exact) mass is 273 g/mol. The Bertz CT molecular complexity index is 563. The number of anilines is 2. The van der Waals surface area contributed by atoms with Gasteiger partial charge in [0.15, 0.2) is 0 Å². The van der Waals surface area contributed by atoms with E-state index in [-0.39, 0.29) is 17.7 Å². The van der Waals surface area contributed by atoms with Crippen LogP contribution in [0.25, 0.3) is 10.4 Å². The summed E-state index contributed by atoms with van der Waals surface area (Å²) in [5, 5.41) is 6.19. The van der Waals surface area contributed by atoms with Gasteiger partial charge in [0.25, 0.3) is 0 Å². The topological polar surface area (TPSA) is 98.2 Å². The molecule has 1 heterocycles. The van der Waals surface area contributed by atoms with E-state index in [0.717, 1.165) is 5.69 Å². The molecule has 2 amide bonds. The van der Waals surface area contributed by atoms with Gasteiger partial charge in [-0.05, 0) is 35.7 Å². The predicted octanol–water partition coefficient (Wildman–Crippen LogP) is 2.31. The Morgan fingerprint density at radius 3 is 2.80 bits per heavy atom. The van der Waals surface area contributed by atoms with E-state index >= 15 is 0 Å². The van der Waals surface area contributed by atoms with Gasteiger partial charge in [0.05, 0.1) is 0 Å². The molecule has 1 fully saturated rings. The fourth-order valence-electron chi connectivity index (χ4n) is 2.23. The van der Waals surface area contributed by atoms with Crippen molar-refractivity contribution in [3.63, 3.8) is 0 Å². The Kier molecular flexibility index (Phi) is 4.22. The van der Waals surface area contributed by atoms with Crippen molar-refractivity contribution >= 4 is 23.2 Å². The number of nitrogens with one attached hydrogen (secondary N) is 1. The van der Waals surface area contributed by atoms with E-state index in [0.29, 0.717) is 25.2 Å². The minimum Gasteiger partial charge on any atom is -0.326 e. The zero-order chi connectivity index (χ0) is 14.5. The van der Waals surface area contributed by atoms with Crippen LogP contribution in [0, 0.1) is 5.92 Å². The number of nitrogens with zero attached hydrogens (tertiary/aromatic N) is 4. The lowest BCUT2D eigenvalue weighted by Gasteiger charge is -2.17. The minimum atomic E-state index is -0.135. The highest BCUT2D eigenvalue weighted by Crippen LogP contribution is 2.26. The van der Waals surface area contributed by atoms with Crippen molar-refractivity contribution in [3.8, 4) is 0 Å². The second-order valence-corrected chi connectivity index (χ2v) is 4.72. The van der Waals surface area contributed by atoms with Crippen molar-refractivity contribution in [1.29, 1.82) is 0 Å². The summed E-state index contributed by atoms with van der Waals surface area (Å²) in [5.41, 5.74) is 9.78. The van der Waals surface area contributed by atoms with Crippen LogP contribution >= 0.6 is 0 Å². The van der Waals surface area contributed by atoms with E-state index in [2.05, 4.69) is 15.3 Å². The summed E-state index contributed by atoms with van der Waals surface area (Å²) < 4.78 is 0. The molecular formula is C13H15N5O2. The van der Waals surface area contributed by atoms with Crippen LogP contribution in [0.4, 0.5) is 11.4 Å². The molecule has 0 radical (unpaired) electrons. The Morgan fingerprint density at radius 2 is 2.20 bits per heavy atom. The third-order valence-corrected chi connectivity index (χ3v) is 3.11. The molecule has 1 aliphatic rings. The van der Waals surface area contributed by atoms with Crippen molar-refractivity contribution in [2.24, 2.45) is 11.0 Å². The van der Waals surface area contributed by atoms with Crippen LogP contribution < -0.4 is 10.2 Å². The van der Waals surface area contributed by atoms with Crippen LogP contribution in [0.5, 0.6) is 0 Å². The molecule has 1 unspecified atom stereocenters. The largest absolute Gasteiger partial charge is 0.326 e. The summed E-state index contributed by atoms with van der Waals surface area (Å²) in [6.07, 6.45) is 0.395. The van der Waals surface area contributed by atoms with E-state index in [9.17, 15) is 9.59 Å². The summed E-state index contributed by atoms with van der Waals surface area (Å²) in [6, 6.07) is 7.09. The van der Waals surface area contributed by atoms with E-state index in [1.165, 1.54) is 6.92 Å². The summed E-state index contributed by atoms with van der Waals surface area (Å²) in [6.45, 7) is 2.33. The summed E-state index contributed by atoms with van der Waals surface area (Å²) in [5.74, 6) is -0.0479. The molecule has 104 valence electrons. The number of azide groups is 1. The molecular weight excluding hydrogens is 258 g/mol. The SMILES string of the molecule is CC(=O)Nc1ccc(N2CC(CN=[N+]=[N-])CC2=O)cc1. The maximum absolute atomic E-state index is 11.9. The third kappa shape index (κ3) is 3.27. The zero-order valence-electron chi connectivity index (χ0n) is 11.1. The quantitative estimate of drug-likeness (QED) is 0.517. The Morgan fingerprint density at radius 1 is 1.50 bits per heavy atom. The number of amides is 2. The van der Waals surface area contributed by atoms with Crippen molar-refractivity contribution in [1.82, 2.24) is 0 Å². The Hall–Kier alpha value is -2.53. The van der Waals surface area contributed by atoms with Crippen molar-refractivity contribution in [2.45, 2.75) is 13.3 Å². The van der Waals surface area contributed by atoms with Gasteiger partial charge >= 0.3 is 0 Å². The van der Waals surface area contributed by atoms with Gasteiger partial charge in [0.2, 0.25) is 11.8 Å². The van der Waals surface area contributed by atoms with Crippen LogP contribution in [-0.4, -0.2) is 24.9 Å². The number of hydrogen-bond acceptors (Lipinski definition) is 3. The molecule has 1 N–H and O–H groups in total. The molecule has 0 saturated carbocycles. The second kappa shape index (κ2) is 6.08. The molecule has 1 aromatic carbocycles. The molecule has 0 aromatic heterocycles. The highest BCUT2D eigenvalue weighted by Gasteiger charge is 2.29. The summed E-state index contributed by atoms with van der Waals surface area (Å²) in [7, 11) is 0. The van der Waals surface area contributed by atoms with Gasteiger partial charge in [-0.15, -0.1) is 0 Å². The van der Waals surface area contributed by atoms with Crippen molar-refractivity contribution in [2.75, 3.05) is 23.3 Å². The van der Waals surface area contributed by atoms with Gasteiger partial charge in [-0.1, -0.05) is 5.11 Å². The first kappa shape index (κ1) is 13.9. The average molecular weight is 273 g/mol. The molecule has 1 saturated heterocycles. The maximum atomic E-state index is 11.9. The van der Waals surface area contributed by atoms with Gasteiger partial charge in [0, 0.05) is 42.7 Å². The molecule has 7 heteroatoms. The average Bonchev–Trinajstić information content (AvgIpc) is 2.78. The molecule has 0 bridgehead atoms. The highest BCUT2D eigenvalue weighted by molar-refractivity contribution is 5.96. The van der Waals surface area contributed by atoms with E-state index in [1.54, 1.807) is 29.2 Å². The fourth-order valence-corrected chi connectivity index (χ4v) is 2.23. The molecule has 1 aromatic rings. The van der Waals surface area contributed by atoms with Crippen LogP contribution in [-0.2, 0) is 9.59 Å². The first-order valence-electron chi connectivity index (χ1n) is 6.29. The molecule has 0 aliphatic carbocycles. The van der Waals surface area contributed by atoms with Gasteiger partial charge in [-0.2, -0.15) is 0 Å². The van der Waals surface area contributed by atoms with Crippen molar-refractivity contribution in [3.05, 3.63) is 34.7 Å². The third-order valence-electron chi connectivity index (χ3n) is 3.11. The van der Waals surface area contributed by atoms with E-state index in [4.69, 9.17) is 5.53 Å². The second-order valence-electron chi connectivity index (χ2n) is 4.72. The lowest BCUT2D eigenvalue weighted by atomic mass is 10.1.